The number of esters is 1. The molecule has 18 heavy (non-hydrogen) atoms. The third-order valence-corrected chi connectivity index (χ3v) is 2.87. The topological polar surface area (TPSA) is 55.0 Å². The van der Waals surface area contributed by atoms with Crippen molar-refractivity contribution in [3.8, 4) is 0 Å². The monoisotopic (exact) mass is 264 g/mol. The van der Waals surface area contributed by atoms with Crippen LogP contribution in [-0.2, 0) is 17.6 Å². The van der Waals surface area contributed by atoms with Crippen LogP contribution in [0.5, 0.6) is 0 Å². The Hall–Kier alpha value is -1.81. The Balaban J connectivity index is 1.96. The second-order valence-corrected chi connectivity index (χ2v) is 4.33. The van der Waals surface area contributed by atoms with E-state index in [-0.39, 0.29) is 0 Å². The van der Waals surface area contributed by atoms with Gasteiger partial charge in [0, 0.05) is 5.02 Å². The number of benzene rings is 1. The van der Waals surface area contributed by atoms with E-state index in [4.69, 9.17) is 11.6 Å². The number of hydrogen-bond acceptors (Lipinski definition) is 3. The van der Waals surface area contributed by atoms with E-state index in [2.05, 4.69) is 14.9 Å². The van der Waals surface area contributed by atoms with E-state index in [1.807, 2.05) is 24.3 Å². The largest absolute Gasteiger partial charge is 0.464 e. The highest BCUT2D eigenvalue weighted by molar-refractivity contribution is 6.30. The second-order valence-electron chi connectivity index (χ2n) is 3.89. The average Bonchev–Trinajstić information content (AvgIpc) is 2.86. The Labute approximate surface area is 110 Å². The minimum absolute atomic E-state index is 0.378. The van der Waals surface area contributed by atoms with E-state index in [1.165, 1.54) is 12.7 Å². The molecule has 1 N–H and O–H groups in total. The maximum absolute atomic E-state index is 11.2. The highest BCUT2D eigenvalue weighted by Crippen LogP contribution is 2.12. The molecule has 5 heteroatoms. The standard InChI is InChI=1S/C13H13ClN2O2/c1-18-13(17)12-8-11(15-16-12)7-4-9-2-5-10(14)6-3-9/h2-3,5-6,8H,4,7H2,1H3,(H,15,16). The molecule has 0 fully saturated rings. The van der Waals surface area contributed by atoms with Crippen molar-refractivity contribution in [1.29, 1.82) is 0 Å². The first-order valence-corrected chi connectivity index (χ1v) is 5.94. The Morgan fingerprint density at radius 1 is 1.33 bits per heavy atom. The first-order chi connectivity index (χ1) is 8.69. The molecule has 0 unspecified atom stereocenters. The molecule has 1 aromatic heterocycles. The fourth-order valence-corrected chi connectivity index (χ4v) is 1.76. The number of aromatic amines is 1. The number of nitrogens with zero attached hydrogens (tertiary/aromatic N) is 1. The van der Waals surface area contributed by atoms with Crippen molar-refractivity contribution in [3.63, 3.8) is 0 Å². The molecule has 0 saturated carbocycles. The number of carbonyl (C=O) groups is 1. The molecule has 0 aliphatic carbocycles. The highest BCUT2D eigenvalue weighted by Gasteiger charge is 2.09. The number of halogens is 1. The molecule has 0 aliphatic heterocycles. The van der Waals surface area contributed by atoms with Gasteiger partial charge in [-0.15, -0.1) is 0 Å². The Morgan fingerprint density at radius 3 is 2.72 bits per heavy atom. The van der Waals surface area contributed by atoms with Gasteiger partial charge in [-0.3, -0.25) is 5.10 Å². The minimum atomic E-state index is -0.403. The highest BCUT2D eigenvalue weighted by atomic mass is 35.5. The van der Waals surface area contributed by atoms with Crippen molar-refractivity contribution in [2.45, 2.75) is 12.8 Å². The zero-order valence-electron chi connectivity index (χ0n) is 9.94. The third-order valence-electron chi connectivity index (χ3n) is 2.62. The van der Waals surface area contributed by atoms with Gasteiger partial charge in [-0.25, -0.2) is 4.79 Å². The van der Waals surface area contributed by atoms with E-state index in [0.717, 1.165) is 23.6 Å². The average molecular weight is 265 g/mol. The Bertz CT molecular complexity index is 534. The predicted octanol–water partition coefficient (Wildman–Crippen LogP) is 2.63. The summed E-state index contributed by atoms with van der Waals surface area (Å²) in [5, 5.41) is 7.45. The fraction of sp³-hybridized carbons (Fsp3) is 0.231. The Kier molecular flexibility index (Phi) is 3.99. The molecule has 1 aromatic carbocycles. The molecule has 2 rings (SSSR count). The molecule has 94 valence electrons. The summed E-state index contributed by atoms with van der Waals surface area (Å²) in [6.45, 7) is 0. The second kappa shape index (κ2) is 5.69. The van der Waals surface area contributed by atoms with Gasteiger partial charge in [0.25, 0.3) is 0 Å². The van der Waals surface area contributed by atoms with Crippen LogP contribution in [0.3, 0.4) is 0 Å². The van der Waals surface area contributed by atoms with Crippen LogP contribution in [-0.4, -0.2) is 23.3 Å². The van der Waals surface area contributed by atoms with E-state index >= 15 is 0 Å². The first-order valence-electron chi connectivity index (χ1n) is 5.56. The smallest absolute Gasteiger partial charge is 0.356 e. The summed E-state index contributed by atoms with van der Waals surface area (Å²) in [5.74, 6) is -0.403. The molecular formula is C13H13ClN2O2. The maximum atomic E-state index is 11.2. The lowest BCUT2D eigenvalue weighted by Crippen LogP contribution is -2.00. The van der Waals surface area contributed by atoms with Gasteiger partial charge in [-0.05, 0) is 36.6 Å². The van der Waals surface area contributed by atoms with Crippen LogP contribution >= 0.6 is 11.6 Å². The van der Waals surface area contributed by atoms with Gasteiger partial charge in [0.2, 0.25) is 0 Å². The zero-order chi connectivity index (χ0) is 13.0. The van der Waals surface area contributed by atoms with Crippen LogP contribution in [0.15, 0.2) is 30.3 Å². The van der Waals surface area contributed by atoms with Crippen molar-refractivity contribution in [2.75, 3.05) is 7.11 Å². The third kappa shape index (κ3) is 3.11. The predicted molar refractivity (Wildman–Crippen MR) is 68.8 cm³/mol. The zero-order valence-corrected chi connectivity index (χ0v) is 10.7. The molecular weight excluding hydrogens is 252 g/mol. The van der Waals surface area contributed by atoms with Crippen molar-refractivity contribution < 1.29 is 9.53 Å². The molecule has 0 saturated heterocycles. The number of aromatic nitrogens is 2. The van der Waals surface area contributed by atoms with Gasteiger partial charge < -0.3 is 4.74 Å². The summed E-state index contributed by atoms with van der Waals surface area (Å²) >= 11 is 5.81. The van der Waals surface area contributed by atoms with Crippen LogP contribution in [0.1, 0.15) is 21.7 Å². The number of nitrogens with one attached hydrogen (secondary N) is 1. The quantitative estimate of drug-likeness (QED) is 0.864. The molecule has 1 heterocycles. The van der Waals surface area contributed by atoms with Crippen molar-refractivity contribution >= 4 is 17.6 Å². The SMILES string of the molecule is COC(=O)c1cc(CCc2ccc(Cl)cc2)n[nH]1. The molecule has 0 aliphatic rings. The lowest BCUT2D eigenvalue weighted by atomic mass is 10.1. The van der Waals surface area contributed by atoms with Crippen LogP contribution in [0.4, 0.5) is 0 Å². The number of methoxy groups -OCH3 is 1. The molecule has 0 amide bonds. The first kappa shape index (κ1) is 12.6. The van der Waals surface area contributed by atoms with Crippen molar-refractivity contribution in [1.82, 2.24) is 10.2 Å². The number of aryl methyl sites for hydroxylation is 2. The molecule has 0 radical (unpaired) electrons. The van der Waals surface area contributed by atoms with E-state index in [9.17, 15) is 4.79 Å². The minimum Gasteiger partial charge on any atom is -0.464 e. The summed E-state index contributed by atoms with van der Waals surface area (Å²) in [4.78, 5) is 11.2. The van der Waals surface area contributed by atoms with Gasteiger partial charge >= 0.3 is 5.97 Å². The lowest BCUT2D eigenvalue weighted by molar-refractivity contribution is 0.0594. The summed E-state index contributed by atoms with van der Waals surface area (Å²) < 4.78 is 4.60. The number of carbonyl (C=O) groups excluding carboxylic acids is 1. The molecule has 0 bridgehead atoms. The van der Waals surface area contributed by atoms with Gasteiger partial charge in [0.1, 0.15) is 5.69 Å². The molecule has 4 nitrogen and oxygen atoms in total. The lowest BCUT2D eigenvalue weighted by Gasteiger charge is -1.99. The summed E-state index contributed by atoms with van der Waals surface area (Å²) in [6, 6.07) is 9.40. The van der Waals surface area contributed by atoms with E-state index < -0.39 is 5.97 Å². The normalized spacial score (nSPS) is 10.3. The van der Waals surface area contributed by atoms with Gasteiger partial charge in [0.15, 0.2) is 0 Å². The van der Waals surface area contributed by atoms with Crippen LogP contribution in [0, 0.1) is 0 Å². The van der Waals surface area contributed by atoms with Gasteiger partial charge in [0.05, 0.1) is 12.8 Å². The van der Waals surface area contributed by atoms with Crippen LogP contribution in [0.2, 0.25) is 5.02 Å². The number of rotatable bonds is 4. The number of ether oxygens (including phenoxy) is 1. The van der Waals surface area contributed by atoms with Crippen molar-refractivity contribution in [3.05, 3.63) is 52.3 Å². The van der Waals surface area contributed by atoms with Crippen LogP contribution < -0.4 is 0 Å². The summed E-state index contributed by atoms with van der Waals surface area (Å²) in [6.07, 6.45) is 1.61. The molecule has 2 aromatic rings. The molecule has 0 atom stereocenters. The molecule has 0 spiro atoms. The number of H-pyrrole nitrogens is 1. The van der Waals surface area contributed by atoms with Crippen LogP contribution in [0.25, 0.3) is 0 Å². The summed E-state index contributed by atoms with van der Waals surface area (Å²) in [5.41, 5.74) is 2.40. The summed E-state index contributed by atoms with van der Waals surface area (Å²) in [7, 11) is 1.34. The maximum Gasteiger partial charge on any atom is 0.356 e. The van der Waals surface area contributed by atoms with Gasteiger partial charge in [-0.2, -0.15) is 5.10 Å². The van der Waals surface area contributed by atoms with Crippen molar-refractivity contribution in [2.24, 2.45) is 0 Å². The Morgan fingerprint density at radius 2 is 2.06 bits per heavy atom. The van der Waals surface area contributed by atoms with E-state index in [1.54, 1.807) is 6.07 Å². The fourth-order valence-electron chi connectivity index (χ4n) is 1.63. The van der Waals surface area contributed by atoms with Gasteiger partial charge in [-0.1, -0.05) is 23.7 Å². The van der Waals surface area contributed by atoms with E-state index in [0.29, 0.717) is 5.69 Å². The number of hydrogen-bond donors (Lipinski definition) is 1.